The van der Waals surface area contributed by atoms with E-state index >= 15 is 0 Å². The molecular formula is C31H37N3O6S. The van der Waals surface area contributed by atoms with Crippen molar-refractivity contribution in [3.05, 3.63) is 84.4 Å². The van der Waals surface area contributed by atoms with Gasteiger partial charge in [0.2, 0.25) is 11.8 Å². The van der Waals surface area contributed by atoms with Gasteiger partial charge in [0.1, 0.15) is 24.1 Å². The van der Waals surface area contributed by atoms with Crippen molar-refractivity contribution in [3.8, 4) is 11.5 Å². The first-order valence-electron chi connectivity index (χ1n) is 13.7. The molecule has 0 bridgehead atoms. The van der Waals surface area contributed by atoms with Crippen LogP contribution in [0.4, 0.5) is 5.69 Å². The summed E-state index contributed by atoms with van der Waals surface area (Å²) in [5.74, 6) is 0.380. The standard InChI is InChI=1S/C31H37N3O6S/c1-23(31(36)32-25-11-7-8-12-25)33(21-24-10-9-13-28(20-24)40-3)30(35)22-34(26-16-18-27(39-2)19-17-26)41(37,38)29-14-5-4-6-15-29/h4-6,9-10,13-20,23,25H,7-8,11-12,21-22H2,1-3H3,(H,32,36). The van der Waals surface area contributed by atoms with E-state index in [1.54, 1.807) is 68.6 Å². The quantitative estimate of drug-likeness (QED) is 0.342. The SMILES string of the molecule is COc1ccc(N(CC(=O)N(Cc2cccc(OC)c2)C(C)C(=O)NC2CCCC2)S(=O)(=O)c2ccccc2)cc1. The van der Waals surface area contributed by atoms with E-state index < -0.39 is 28.5 Å². The zero-order valence-corrected chi connectivity index (χ0v) is 24.5. The lowest BCUT2D eigenvalue weighted by atomic mass is 10.1. The van der Waals surface area contributed by atoms with Gasteiger partial charge in [0.05, 0.1) is 24.8 Å². The fraction of sp³-hybridized carbons (Fsp3) is 0.355. The average Bonchev–Trinajstić information content (AvgIpc) is 3.51. The Bertz CT molecular complexity index is 1420. The highest BCUT2D eigenvalue weighted by Gasteiger charge is 2.33. The third-order valence-corrected chi connectivity index (χ3v) is 9.11. The van der Waals surface area contributed by atoms with Crippen LogP contribution in [-0.2, 0) is 26.2 Å². The highest BCUT2D eigenvalue weighted by Crippen LogP contribution is 2.27. The Morgan fingerprint density at radius 3 is 2.20 bits per heavy atom. The molecule has 3 aromatic rings. The van der Waals surface area contributed by atoms with Gasteiger partial charge in [0.15, 0.2) is 0 Å². The number of hydrogen-bond donors (Lipinski definition) is 1. The van der Waals surface area contributed by atoms with Crippen molar-refractivity contribution < 1.29 is 27.5 Å². The van der Waals surface area contributed by atoms with Crippen LogP contribution in [0.5, 0.6) is 11.5 Å². The molecule has 0 aromatic heterocycles. The fourth-order valence-electron chi connectivity index (χ4n) is 4.94. The molecule has 3 aromatic carbocycles. The van der Waals surface area contributed by atoms with Gasteiger partial charge in [-0.1, -0.05) is 43.2 Å². The third-order valence-electron chi connectivity index (χ3n) is 7.33. The number of carbonyl (C=O) groups excluding carboxylic acids is 2. The highest BCUT2D eigenvalue weighted by molar-refractivity contribution is 7.92. The van der Waals surface area contributed by atoms with Crippen LogP contribution < -0.4 is 19.1 Å². The lowest BCUT2D eigenvalue weighted by Gasteiger charge is -2.32. The second-order valence-electron chi connectivity index (χ2n) is 10.1. The van der Waals surface area contributed by atoms with Gasteiger partial charge in [-0.2, -0.15) is 0 Å². The first-order valence-corrected chi connectivity index (χ1v) is 15.1. The molecule has 218 valence electrons. The number of benzene rings is 3. The predicted octanol–water partition coefficient (Wildman–Crippen LogP) is 4.38. The number of methoxy groups -OCH3 is 2. The minimum Gasteiger partial charge on any atom is -0.497 e. The molecule has 0 radical (unpaired) electrons. The maximum Gasteiger partial charge on any atom is 0.264 e. The number of nitrogens with zero attached hydrogens (tertiary/aromatic N) is 2. The van der Waals surface area contributed by atoms with Gasteiger partial charge in [-0.3, -0.25) is 13.9 Å². The topological polar surface area (TPSA) is 105 Å². The Kier molecular flexibility index (Phi) is 9.88. The van der Waals surface area contributed by atoms with E-state index in [-0.39, 0.29) is 23.4 Å². The summed E-state index contributed by atoms with van der Waals surface area (Å²) in [6.07, 6.45) is 3.92. The van der Waals surface area contributed by atoms with Gasteiger partial charge in [-0.15, -0.1) is 0 Å². The number of sulfonamides is 1. The molecule has 1 N–H and O–H groups in total. The summed E-state index contributed by atoms with van der Waals surface area (Å²) in [4.78, 5) is 28.9. The highest BCUT2D eigenvalue weighted by atomic mass is 32.2. The smallest absolute Gasteiger partial charge is 0.264 e. The number of amides is 2. The van der Waals surface area contributed by atoms with Crippen LogP contribution in [0.15, 0.2) is 83.8 Å². The molecule has 41 heavy (non-hydrogen) atoms. The lowest BCUT2D eigenvalue weighted by Crippen LogP contribution is -2.52. The maximum absolute atomic E-state index is 14.1. The minimum atomic E-state index is -4.13. The number of ether oxygens (including phenoxy) is 2. The predicted molar refractivity (Wildman–Crippen MR) is 157 cm³/mol. The minimum absolute atomic E-state index is 0.0509. The Morgan fingerprint density at radius 1 is 0.902 bits per heavy atom. The molecule has 1 aliphatic carbocycles. The van der Waals surface area contributed by atoms with Gasteiger partial charge in [0, 0.05) is 12.6 Å². The van der Waals surface area contributed by atoms with E-state index in [1.807, 2.05) is 12.1 Å². The van der Waals surface area contributed by atoms with Crippen LogP contribution in [0.3, 0.4) is 0 Å². The summed E-state index contributed by atoms with van der Waals surface area (Å²) >= 11 is 0. The maximum atomic E-state index is 14.1. The first kappa shape index (κ1) is 29.9. The molecule has 10 heteroatoms. The molecule has 0 heterocycles. The zero-order chi connectivity index (χ0) is 29.4. The van der Waals surface area contributed by atoms with Crippen LogP contribution in [0.1, 0.15) is 38.2 Å². The second kappa shape index (κ2) is 13.5. The zero-order valence-electron chi connectivity index (χ0n) is 23.7. The molecule has 1 fully saturated rings. The van der Waals surface area contributed by atoms with E-state index in [2.05, 4.69) is 5.32 Å². The largest absolute Gasteiger partial charge is 0.497 e. The normalized spacial score (nSPS) is 14.2. The van der Waals surface area contributed by atoms with E-state index in [0.29, 0.717) is 17.2 Å². The second-order valence-corrected chi connectivity index (χ2v) is 11.9. The molecule has 1 saturated carbocycles. The van der Waals surface area contributed by atoms with E-state index in [9.17, 15) is 18.0 Å². The van der Waals surface area contributed by atoms with Crippen molar-refractivity contribution in [1.82, 2.24) is 10.2 Å². The summed E-state index contributed by atoms with van der Waals surface area (Å²) < 4.78 is 39.4. The van der Waals surface area contributed by atoms with Crippen molar-refractivity contribution in [2.24, 2.45) is 0 Å². The van der Waals surface area contributed by atoms with Crippen molar-refractivity contribution in [2.75, 3.05) is 25.1 Å². The molecule has 2 amide bonds. The van der Waals surface area contributed by atoms with Crippen molar-refractivity contribution >= 4 is 27.5 Å². The Balaban J connectivity index is 1.68. The summed E-state index contributed by atoms with van der Waals surface area (Å²) in [7, 11) is -1.05. The molecular weight excluding hydrogens is 542 g/mol. The Morgan fingerprint density at radius 2 is 1.56 bits per heavy atom. The fourth-order valence-corrected chi connectivity index (χ4v) is 6.37. The van der Waals surface area contributed by atoms with E-state index in [0.717, 1.165) is 35.6 Å². The Labute approximate surface area is 242 Å². The Hall–Kier alpha value is -4.05. The summed E-state index contributed by atoms with van der Waals surface area (Å²) in [6, 6.07) is 20.9. The molecule has 9 nitrogen and oxygen atoms in total. The van der Waals surface area contributed by atoms with Gasteiger partial charge < -0.3 is 19.7 Å². The number of hydrogen-bond acceptors (Lipinski definition) is 6. The summed E-state index contributed by atoms with van der Waals surface area (Å²) in [5, 5.41) is 3.07. The number of nitrogens with one attached hydrogen (secondary N) is 1. The number of rotatable bonds is 12. The monoisotopic (exact) mass is 579 g/mol. The average molecular weight is 580 g/mol. The van der Waals surface area contributed by atoms with Crippen molar-refractivity contribution in [1.29, 1.82) is 0 Å². The number of anilines is 1. The lowest BCUT2D eigenvalue weighted by molar-refractivity contribution is -0.139. The molecule has 1 aliphatic rings. The molecule has 0 spiro atoms. The van der Waals surface area contributed by atoms with Crippen LogP contribution in [0.25, 0.3) is 0 Å². The summed E-state index contributed by atoms with van der Waals surface area (Å²) in [6.45, 7) is 1.26. The van der Waals surface area contributed by atoms with Gasteiger partial charge in [-0.25, -0.2) is 8.42 Å². The van der Waals surface area contributed by atoms with Crippen molar-refractivity contribution in [2.45, 2.75) is 56.1 Å². The molecule has 0 aliphatic heterocycles. The molecule has 0 saturated heterocycles. The van der Waals surface area contributed by atoms with Crippen LogP contribution >= 0.6 is 0 Å². The van der Waals surface area contributed by atoms with Crippen molar-refractivity contribution in [3.63, 3.8) is 0 Å². The molecule has 1 unspecified atom stereocenters. The summed E-state index contributed by atoms with van der Waals surface area (Å²) in [5.41, 5.74) is 1.05. The number of carbonyl (C=O) groups is 2. The molecule has 1 atom stereocenters. The third kappa shape index (κ3) is 7.38. The molecule has 4 rings (SSSR count). The van der Waals surface area contributed by atoms with E-state index in [4.69, 9.17) is 9.47 Å². The van der Waals surface area contributed by atoms with Crippen LogP contribution in [0.2, 0.25) is 0 Å². The van der Waals surface area contributed by atoms with Crippen LogP contribution in [-0.4, -0.2) is 58.0 Å². The van der Waals surface area contributed by atoms with Gasteiger partial charge >= 0.3 is 0 Å². The van der Waals surface area contributed by atoms with Gasteiger partial charge in [-0.05, 0) is 73.9 Å². The first-order chi connectivity index (χ1) is 19.7. The van der Waals surface area contributed by atoms with E-state index in [1.165, 1.54) is 24.1 Å². The van der Waals surface area contributed by atoms with Gasteiger partial charge in [0.25, 0.3) is 10.0 Å². The van der Waals surface area contributed by atoms with Crippen LogP contribution in [0, 0.1) is 0 Å².